The number of methoxy groups -OCH3 is 1. The summed E-state index contributed by atoms with van der Waals surface area (Å²) in [7, 11) is 5.03. The number of aliphatic hydroxyl groups excluding tert-OH is 1. The number of cyclic esters (lactones) is 1. The van der Waals surface area contributed by atoms with Gasteiger partial charge >= 0.3 is 18.1 Å². The van der Waals surface area contributed by atoms with Crippen LogP contribution in [0.3, 0.4) is 0 Å². The highest BCUT2D eigenvalue weighted by atomic mass is 19.1. The number of rotatable bonds is 10. The summed E-state index contributed by atoms with van der Waals surface area (Å²) in [5.41, 5.74) is -5.38. The summed E-state index contributed by atoms with van der Waals surface area (Å²) in [5.74, 6) is -6.50. The lowest BCUT2D eigenvalue weighted by atomic mass is 9.73. The number of esters is 1. The number of hydrogen-bond acceptors (Lipinski definition) is 15. The minimum Gasteiger partial charge on any atom is -0.478 e. The van der Waals surface area contributed by atoms with Crippen molar-refractivity contribution in [2.75, 3.05) is 27.8 Å². The molecule has 1 aromatic rings. The van der Waals surface area contributed by atoms with Crippen LogP contribution in [-0.2, 0) is 42.8 Å². The summed E-state index contributed by atoms with van der Waals surface area (Å²) in [6, 6.07) is 1.07. The van der Waals surface area contributed by atoms with Gasteiger partial charge in [-0.2, -0.15) is 0 Å². The number of ketones is 1. The first-order valence-corrected chi connectivity index (χ1v) is 19.2. The number of ether oxygens (including phenoxy) is 6. The van der Waals surface area contributed by atoms with Crippen LogP contribution in [0, 0.1) is 17.8 Å². The van der Waals surface area contributed by atoms with E-state index >= 15 is 4.39 Å². The number of carboxylic acids is 1. The topological polar surface area (TPSA) is 202 Å². The second-order valence-corrected chi connectivity index (χ2v) is 16.1. The van der Waals surface area contributed by atoms with Gasteiger partial charge in [0.25, 0.3) is 5.67 Å². The maximum Gasteiger partial charge on any atom is 0.509 e. The van der Waals surface area contributed by atoms with E-state index in [1.54, 1.807) is 32.9 Å². The number of fused-ring (bicyclic) bond motifs is 1. The van der Waals surface area contributed by atoms with E-state index in [0.717, 1.165) is 6.92 Å². The van der Waals surface area contributed by atoms with Crippen LogP contribution in [0.4, 0.5) is 9.18 Å². The molecule has 0 aliphatic carbocycles. The minimum atomic E-state index is -3.19. The Hall–Kier alpha value is -4.03. The molecular weight excluding hydrogens is 749 g/mol. The highest BCUT2D eigenvalue weighted by Gasteiger charge is 2.60. The number of Topliss-reactive ketones (excluding diaryl/α,β-unsaturated/α-hetero) is 1. The van der Waals surface area contributed by atoms with Crippen molar-refractivity contribution in [1.82, 2.24) is 9.88 Å². The van der Waals surface area contributed by atoms with Crippen LogP contribution in [0.25, 0.3) is 6.08 Å². The summed E-state index contributed by atoms with van der Waals surface area (Å²) in [5, 5.41) is 25.3. The lowest BCUT2D eigenvalue weighted by Crippen LogP contribution is -2.61. The van der Waals surface area contributed by atoms with Gasteiger partial charge in [0.2, 0.25) is 0 Å². The average molecular weight is 808 g/mol. The Morgan fingerprint density at radius 2 is 1.79 bits per heavy atom. The molecule has 318 valence electrons. The molecule has 2 N–H and O–H groups in total. The van der Waals surface area contributed by atoms with Crippen LogP contribution in [0.15, 0.2) is 29.7 Å². The number of aromatic carboxylic acids is 1. The number of carbonyl (C=O) groups is 4. The molecule has 13 atom stereocenters. The quantitative estimate of drug-likeness (QED) is 0.144. The molecular formula is C40H58FN3O13. The Kier molecular flexibility index (Phi) is 14.6. The van der Waals surface area contributed by atoms with Crippen molar-refractivity contribution >= 4 is 35.7 Å². The smallest absolute Gasteiger partial charge is 0.478 e. The Bertz CT molecular complexity index is 1690. The van der Waals surface area contributed by atoms with E-state index in [4.69, 9.17) is 33.3 Å². The molecule has 1 aromatic heterocycles. The van der Waals surface area contributed by atoms with E-state index in [1.165, 1.54) is 39.4 Å². The summed E-state index contributed by atoms with van der Waals surface area (Å²) in [4.78, 5) is 63.8. The number of aromatic nitrogens is 1. The fourth-order valence-corrected chi connectivity index (χ4v) is 8.24. The van der Waals surface area contributed by atoms with Gasteiger partial charge in [0.05, 0.1) is 29.1 Å². The molecule has 16 nitrogen and oxygen atoms in total. The van der Waals surface area contributed by atoms with Gasteiger partial charge < -0.3 is 48.4 Å². The van der Waals surface area contributed by atoms with E-state index < -0.39 is 89.2 Å². The standard InChI is InChI=1S/C40H58FN3O13/c1-12-28-40(8)33(56-37(50)57-40)23(4)29(43-52-15-13-14-25-17-26(34(47)48)20-42-19-25)21(2)18-38(6,51-11)32(24(5)31(46)39(7,41)36(49)54-28)55-35-30(45)27(44(9)10)16-22(3)53-35/h13-14,17,19-24,27-28,30,32-33,35,45H,12,15-16,18H2,1-11H3,(H,47,48)/b14-13+,43-29+/t21-,22-,23+,24+,27+,28-,30-,32-,33-,35+,38-,39+,40-/m1/s1. The van der Waals surface area contributed by atoms with Crippen molar-refractivity contribution < 1.29 is 67.0 Å². The van der Waals surface area contributed by atoms with Crippen LogP contribution < -0.4 is 0 Å². The molecule has 0 spiro atoms. The Morgan fingerprint density at radius 1 is 1.11 bits per heavy atom. The number of aliphatic hydroxyl groups is 1. The van der Waals surface area contributed by atoms with Gasteiger partial charge in [-0.25, -0.2) is 18.8 Å². The van der Waals surface area contributed by atoms with Gasteiger partial charge in [0, 0.05) is 43.3 Å². The van der Waals surface area contributed by atoms with Crippen LogP contribution >= 0.6 is 0 Å². The molecule has 4 heterocycles. The van der Waals surface area contributed by atoms with Crippen molar-refractivity contribution in [3.8, 4) is 0 Å². The first-order valence-electron chi connectivity index (χ1n) is 19.2. The van der Waals surface area contributed by atoms with Crippen molar-refractivity contribution in [2.45, 2.75) is 134 Å². The molecule has 0 amide bonds. The zero-order valence-electron chi connectivity index (χ0n) is 34.6. The fraction of sp³-hybridized carbons (Fsp3) is 0.700. The van der Waals surface area contributed by atoms with Crippen molar-refractivity contribution in [3.63, 3.8) is 0 Å². The lowest BCUT2D eigenvalue weighted by Gasteiger charge is -2.47. The predicted octanol–water partition coefficient (Wildman–Crippen LogP) is 4.61. The highest BCUT2D eigenvalue weighted by molar-refractivity contribution is 6.08. The number of halogens is 1. The largest absolute Gasteiger partial charge is 0.509 e. The molecule has 3 aliphatic heterocycles. The molecule has 0 bridgehead atoms. The van der Waals surface area contributed by atoms with Gasteiger partial charge in [0.1, 0.15) is 18.8 Å². The zero-order chi connectivity index (χ0) is 42.6. The summed E-state index contributed by atoms with van der Waals surface area (Å²) in [6.45, 7) is 12.4. The van der Waals surface area contributed by atoms with Gasteiger partial charge in [-0.3, -0.25) is 9.78 Å². The van der Waals surface area contributed by atoms with E-state index in [9.17, 15) is 29.4 Å². The third kappa shape index (κ3) is 9.82. The van der Waals surface area contributed by atoms with Crippen LogP contribution in [0.1, 0.15) is 90.6 Å². The van der Waals surface area contributed by atoms with Crippen LogP contribution in [-0.4, -0.2) is 137 Å². The van der Waals surface area contributed by atoms with Gasteiger partial charge in [-0.05, 0) is 78.8 Å². The second kappa shape index (κ2) is 18.3. The first kappa shape index (κ1) is 45.7. The second-order valence-electron chi connectivity index (χ2n) is 16.1. The number of nitrogens with zero attached hydrogens (tertiary/aromatic N) is 3. The van der Waals surface area contributed by atoms with E-state index in [2.05, 4.69) is 10.1 Å². The molecule has 17 heteroatoms. The predicted molar refractivity (Wildman–Crippen MR) is 203 cm³/mol. The van der Waals surface area contributed by atoms with Crippen molar-refractivity contribution in [2.24, 2.45) is 22.9 Å². The molecule has 4 rings (SSSR count). The summed E-state index contributed by atoms with van der Waals surface area (Å²) >= 11 is 0. The Balaban J connectivity index is 1.81. The molecule has 3 saturated heterocycles. The maximum atomic E-state index is 16.7. The minimum absolute atomic E-state index is 0.0142. The number of alkyl halides is 1. The molecule has 3 fully saturated rings. The summed E-state index contributed by atoms with van der Waals surface area (Å²) < 4.78 is 52.6. The van der Waals surface area contributed by atoms with Gasteiger partial charge in [-0.1, -0.05) is 38.9 Å². The molecule has 57 heavy (non-hydrogen) atoms. The fourth-order valence-electron chi connectivity index (χ4n) is 8.24. The lowest BCUT2D eigenvalue weighted by molar-refractivity contribution is -0.295. The molecule has 0 saturated carbocycles. The number of carboxylic acid groups (broad SMARTS) is 1. The number of oxime groups is 1. The van der Waals surface area contributed by atoms with E-state index in [-0.39, 0.29) is 37.2 Å². The first-order chi connectivity index (χ1) is 26.6. The number of likely N-dealkylation sites (N-methyl/N-ethyl adjacent to an activating group) is 1. The number of pyridine rings is 1. The third-order valence-corrected chi connectivity index (χ3v) is 11.5. The Morgan fingerprint density at radius 3 is 2.40 bits per heavy atom. The van der Waals surface area contributed by atoms with Crippen LogP contribution in [0.5, 0.6) is 0 Å². The summed E-state index contributed by atoms with van der Waals surface area (Å²) in [6.07, 6.45) is -0.985. The van der Waals surface area contributed by atoms with Gasteiger partial charge in [-0.15, -0.1) is 0 Å². The normalized spacial score (nSPS) is 39.0. The van der Waals surface area contributed by atoms with Crippen molar-refractivity contribution in [3.05, 3.63) is 35.7 Å². The SMILES string of the molecule is CC[C@H]1OC(=O)[C@@](C)(F)C(=O)[C@H](C)[C@@H](O[C@@H]2O[C@H](C)C[C@H](N(C)C)[C@H]2O)[C@](C)(OC)C[C@@H](C)/C(=N\OC/C=C/c2cncc(C(=O)O)c2)[C@H](C)[C@H]2OC(=O)O[C@@]21C. The molecule has 0 unspecified atom stereocenters. The molecule has 0 aromatic carbocycles. The number of carbonyl (C=O) groups excluding carboxylic acids is 3. The van der Waals surface area contributed by atoms with E-state index in [0.29, 0.717) is 17.7 Å². The molecule has 0 radical (unpaired) electrons. The maximum absolute atomic E-state index is 16.7. The zero-order valence-corrected chi connectivity index (χ0v) is 34.6. The average Bonchev–Trinajstić information content (AvgIpc) is 3.47. The molecule has 3 aliphatic rings. The Labute approximate surface area is 333 Å². The van der Waals surface area contributed by atoms with Crippen molar-refractivity contribution in [1.29, 1.82) is 0 Å². The monoisotopic (exact) mass is 807 g/mol. The van der Waals surface area contributed by atoms with E-state index in [1.807, 2.05) is 32.8 Å². The highest BCUT2D eigenvalue weighted by Crippen LogP contribution is 2.43. The third-order valence-electron chi connectivity index (χ3n) is 11.5. The number of hydrogen-bond donors (Lipinski definition) is 2. The van der Waals surface area contributed by atoms with Crippen LogP contribution in [0.2, 0.25) is 0 Å². The van der Waals surface area contributed by atoms with Gasteiger partial charge in [0.15, 0.2) is 23.8 Å².